The molecule has 0 bridgehead atoms. The molecule has 8 heteroatoms. The van der Waals surface area contributed by atoms with E-state index in [0.29, 0.717) is 52.0 Å². The summed E-state index contributed by atoms with van der Waals surface area (Å²) in [6.07, 6.45) is 0. The summed E-state index contributed by atoms with van der Waals surface area (Å²) in [6.45, 7) is 8.10. The number of carbonyl (C=O) groups is 1. The summed E-state index contributed by atoms with van der Waals surface area (Å²) in [4.78, 5) is 19.5. The Kier molecular flexibility index (Phi) is 11.5. The van der Waals surface area contributed by atoms with Crippen molar-refractivity contribution in [3.63, 3.8) is 0 Å². The van der Waals surface area contributed by atoms with Crippen LogP contribution in [0.5, 0.6) is 5.75 Å². The Morgan fingerprint density at radius 3 is 2.55 bits per heavy atom. The number of aryl methyl sites for hydroxylation is 1. The Bertz CT molecular complexity index is 902. The Labute approximate surface area is 214 Å². The molecule has 180 valence electrons. The van der Waals surface area contributed by atoms with Crippen molar-refractivity contribution in [1.82, 2.24) is 15.5 Å². The van der Waals surface area contributed by atoms with Gasteiger partial charge in [0, 0.05) is 38.8 Å². The number of morpholine rings is 1. The third-order valence-corrected chi connectivity index (χ3v) is 5.49. The van der Waals surface area contributed by atoms with E-state index in [4.69, 9.17) is 9.47 Å². The maximum atomic E-state index is 13.3. The van der Waals surface area contributed by atoms with Gasteiger partial charge in [-0.1, -0.05) is 42.5 Å². The van der Waals surface area contributed by atoms with Gasteiger partial charge in [0.05, 0.1) is 25.7 Å². The number of halogens is 1. The lowest BCUT2D eigenvalue weighted by molar-refractivity contribution is -0.136. The predicted octanol–water partition coefficient (Wildman–Crippen LogP) is 3.32. The fourth-order valence-corrected chi connectivity index (χ4v) is 3.73. The quantitative estimate of drug-likeness (QED) is 0.292. The number of carbonyl (C=O) groups excluding carboxylic acids is 1. The number of nitrogens with zero attached hydrogens (tertiary/aromatic N) is 2. The van der Waals surface area contributed by atoms with Gasteiger partial charge in [0.15, 0.2) is 5.96 Å². The molecule has 2 aromatic rings. The molecule has 2 aromatic carbocycles. The molecule has 33 heavy (non-hydrogen) atoms. The lowest BCUT2D eigenvalue weighted by atomic mass is 9.97. The van der Waals surface area contributed by atoms with Crippen LogP contribution < -0.4 is 15.4 Å². The molecule has 1 fully saturated rings. The summed E-state index contributed by atoms with van der Waals surface area (Å²) < 4.78 is 11.2. The van der Waals surface area contributed by atoms with E-state index in [1.165, 1.54) is 0 Å². The fourth-order valence-electron chi connectivity index (χ4n) is 3.73. The summed E-state index contributed by atoms with van der Waals surface area (Å²) in [5.74, 6) is 1.33. The number of hydrogen-bond acceptors (Lipinski definition) is 4. The first-order valence-corrected chi connectivity index (χ1v) is 11.2. The van der Waals surface area contributed by atoms with E-state index in [0.717, 1.165) is 22.4 Å². The van der Waals surface area contributed by atoms with E-state index in [2.05, 4.69) is 34.7 Å². The first-order valence-electron chi connectivity index (χ1n) is 11.2. The van der Waals surface area contributed by atoms with Crippen LogP contribution in [0.1, 0.15) is 29.5 Å². The second kappa shape index (κ2) is 14.0. The van der Waals surface area contributed by atoms with Crippen molar-refractivity contribution in [3.05, 3.63) is 65.2 Å². The van der Waals surface area contributed by atoms with Gasteiger partial charge in [-0.25, -0.2) is 0 Å². The predicted molar refractivity (Wildman–Crippen MR) is 143 cm³/mol. The van der Waals surface area contributed by atoms with Gasteiger partial charge in [-0.15, -0.1) is 24.0 Å². The molecule has 1 unspecified atom stereocenters. The summed E-state index contributed by atoms with van der Waals surface area (Å²) in [5.41, 5.74) is 3.21. The molecule has 0 saturated carbocycles. The van der Waals surface area contributed by atoms with Crippen LogP contribution in [0.15, 0.2) is 53.5 Å². The minimum atomic E-state index is -0.300. The molecule has 0 aromatic heterocycles. The van der Waals surface area contributed by atoms with Crippen LogP contribution in [0.25, 0.3) is 0 Å². The zero-order valence-corrected chi connectivity index (χ0v) is 22.0. The van der Waals surface area contributed by atoms with Gasteiger partial charge in [-0.3, -0.25) is 9.79 Å². The van der Waals surface area contributed by atoms with Gasteiger partial charge < -0.3 is 25.0 Å². The summed E-state index contributed by atoms with van der Waals surface area (Å²) >= 11 is 0. The van der Waals surface area contributed by atoms with Gasteiger partial charge >= 0.3 is 0 Å². The molecule has 1 heterocycles. The van der Waals surface area contributed by atoms with E-state index in [-0.39, 0.29) is 35.8 Å². The van der Waals surface area contributed by atoms with Crippen LogP contribution in [0.4, 0.5) is 0 Å². The molecular formula is C25H35IN4O3. The van der Waals surface area contributed by atoms with Crippen molar-refractivity contribution in [2.45, 2.75) is 26.3 Å². The van der Waals surface area contributed by atoms with Crippen LogP contribution in [0.2, 0.25) is 0 Å². The van der Waals surface area contributed by atoms with Crippen LogP contribution in [0.3, 0.4) is 0 Å². The molecule has 1 aliphatic heterocycles. The summed E-state index contributed by atoms with van der Waals surface area (Å²) in [7, 11) is 1.73. The molecule has 1 atom stereocenters. The van der Waals surface area contributed by atoms with Crippen molar-refractivity contribution >= 4 is 35.8 Å². The maximum absolute atomic E-state index is 13.3. The highest BCUT2D eigenvalue weighted by Gasteiger charge is 2.27. The first-order chi connectivity index (χ1) is 15.6. The zero-order valence-electron chi connectivity index (χ0n) is 19.7. The Balaban J connectivity index is 0.00000385. The first kappa shape index (κ1) is 26.9. The number of ether oxygens (including phenoxy) is 2. The van der Waals surface area contributed by atoms with Gasteiger partial charge in [0.25, 0.3) is 0 Å². The molecule has 2 N–H and O–H groups in total. The number of guanidine groups is 1. The van der Waals surface area contributed by atoms with Crippen LogP contribution in [-0.4, -0.2) is 63.3 Å². The minimum absolute atomic E-state index is 0. The standard InChI is InChI=1S/C25H34N4O3.HI/c1-4-32-23-16-19(2)10-11-21(23)17-27-25(26-3)28-18-22(20-8-6-5-7-9-20)24(30)29-12-14-31-15-13-29;/h5-11,16,22H,4,12-15,17-18H2,1-3H3,(H2,26,27,28);1H. The number of amides is 1. The maximum Gasteiger partial charge on any atom is 0.232 e. The highest BCUT2D eigenvalue weighted by atomic mass is 127. The van der Waals surface area contributed by atoms with E-state index >= 15 is 0 Å². The van der Waals surface area contributed by atoms with Crippen molar-refractivity contribution in [2.75, 3.05) is 46.5 Å². The highest BCUT2D eigenvalue weighted by molar-refractivity contribution is 14.0. The number of rotatable bonds is 8. The number of hydrogen-bond donors (Lipinski definition) is 2. The summed E-state index contributed by atoms with van der Waals surface area (Å²) in [5, 5.41) is 6.68. The van der Waals surface area contributed by atoms with E-state index < -0.39 is 0 Å². The zero-order chi connectivity index (χ0) is 22.8. The van der Waals surface area contributed by atoms with E-state index in [1.807, 2.05) is 48.2 Å². The molecule has 0 spiro atoms. The number of benzene rings is 2. The van der Waals surface area contributed by atoms with Crippen molar-refractivity contribution in [2.24, 2.45) is 4.99 Å². The largest absolute Gasteiger partial charge is 0.494 e. The molecule has 0 radical (unpaired) electrons. The Morgan fingerprint density at radius 2 is 1.88 bits per heavy atom. The highest BCUT2D eigenvalue weighted by Crippen LogP contribution is 2.21. The SMILES string of the molecule is CCOc1cc(C)ccc1CNC(=NC)NCC(C(=O)N1CCOCC1)c1ccccc1.I. The molecule has 1 amide bonds. The third-order valence-electron chi connectivity index (χ3n) is 5.49. The molecule has 1 saturated heterocycles. The topological polar surface area (TPSA) is 75.2 Å². The van der Waals surface area contributed by atoms with Crippen LogP contribution in [-0.2, 0) is 16.1 Å². The van der Waals surface area contributed by atoms with Gasteiger partial charge in [0.2, 0.25) is 5.91 Å². The molecule has 7 nitrogen and oxygen atoms in total. The molecule has 3 rings (SSSR count). The number of nitrogens with one attached hydrogen (secondary N) is 2. The van der Waals surface area contributed by atoms with Crippen LogP contribution >= 0.6 is 24.0 Å². The Morgan fingerprint density at radius 1 is 1.15 bits per heavy atom. The monoisotopic (exact) mass is 566 g/mol. The lowest BCUT2D eigenvalue weighted by Crippen LogP contribution is -2.47. The summed E-state index contributed by atoms with van der Waals surface area (Å²) in [6, 6.07) is 16.1. The average Bonchev–Trinajstić information content (AvgIpc) is 2.83. The molecular weight excluding hydrogens is 531 g/mol. The fraction of sp³-hybridized carbons (Fsp3) is 0.440. The van der Waals surface area contributed by atoms with Gasteiger partial charge in [0.1, 0.15) is 5.75 Å². The molecule has 1 aliphatic rings. The third kappa shape index (κ3) is 7.89. The van der Waals surface area contributed by atoms with Crippen molar-refractivity contribution in [3.8, 4) is 5.75 Å². The second-order valence-electron chi connectivity index (χ2n) is 7.75. The van der Waals surface area contributed by atoms with Gasteiger partial charge in [-0.2, -0.15) is 0 Å². The van der Waals surface area contributed by atoms with Crippen molar-refractivity contribution < 1.29 is 14.3 Å². The van der Waals surface area contributed by atoms with Gasteiger partial charge in [-0.05, 0) is 31.0 Å². The van der Waals surface area contributed by atoms with Crippen LogP contribution in [0, 0.1) is 6.92 Å². The smallest absolute Gasteiger partial charge is 0.232 e. The van der Waals surface area contributed by atoms with Crippen molar-refractivity contribution in [1.29, 1.82) is 0 Å². The molecule has 0 aliphatic carbocycles. The normalized spacial score (nSPS) is 14.8. The average molecular weight is 566 g/mol. The lowest BCUT2D eigenvalue weighted by Gasteiger charge is -2.31. The van der Waals surface area contributed by atoms with E-state index in [1.54, 1.807) is 7.05 Å². The minimum Gasteiger partial charge on any atom is -0.494 e. The number of aliphatic imine (C=N–C) groups is 1. The van der Waals surface area contributed by atoms with E-state index in [9.17, 15) is 4.79 Å². The Hall–Kier alpha value is -2.33. The second-order valence-corrected chi connectivity index (χ2v) is 7.75.